The lowest BCUT2D eigenvalue weighted by atomic mass is 10.1. The molecule has 0 rings (SSSR count). The van der Waals surface area contributed by atoms with Crippen molar-refractivity contribution in [1.29, 1.82) is 0 Å². The Morgan fingerprint density at radius 3 is 1.64 bits per heavy atom. The number of thiol groups is 1. The number of hydrogen-bond donors (Lipinski definition) is 1. The van der Waals surface area contributed by atoms with E-state index in [2.05, 4.69) is 33.8 Å². The Kier molecular flexibility index (Phi) is 12.3. The molecule has 0 aliphatic carbocycles. The molecular weight excluding hydrogens is 214 g/mol. The van der Waals surface area contributed by atoms with Crippen LogP contribution in [0.4, 0.5) is 0 Å². The highest BCUT2D eigenvalue weighted by Crippen LogP contribution is 2.07. The first kappa shape index (κ1) is 17.0. The van der Waals surface area contributed by atoms with Gasteiger partial charge in [0, 0.05) is 0 Å². The van der Waals surface area contributed by atoms with Crippen LogP contribution < -0.4 is 12.4 Å². The molecular formula is C11H26ClNS. The maximum atomic E-state index is 4.20. The number of rotatable bonds is 8. The second-order valence-electron chi connectivity index (χ2n) is 4.86. The molecule has 0 amide bonds. The Hall–Kier alpha value is 0.600. The lowest BCUT2D eigenvalue weighted by Gasteiger charge is -2.23. The van der Waals surface area contributed by atoms with Gasteiger partial charge in [-0.2, -0.15) is 12.6 Å². The van der Waals surface area contributed by atoms with Gasteiger partial charge in [0.2, 0.25) is 0 Å². The molecule has 0 aromatic carbocycles. The average molecular weight is 240 g/mol. The molecule has 0 fully saturated rings. The van der Waals surface area contributed by atoms with Crippen molar-refractivity contribution in [2.45, 2.75) is 38.5 Å². The van der Waals surface area contributed by atoms with Crippen LogP contribution >= 0.6 is 12.6 Å². The molecule has 0 radical (unpaired) electrons. The maximum absolute atomic E-state index is 4.20. The molecule has 1 nitrogen and oxygen atoms in total. The highest BCUT2D eigenvalue weighted by Gasteiger charge is 2.04. The van der Waals surface area contributed by atoms with Crippen molar-refractivity contribution in [3.05, 3.63) is 0 Å². The summed E-state index contributed by atoms with van der Waals surface area (Å²) >= 11 is 4.20. The summed E-state index contributed by atoms with van der Waals surface area (Å²) in [5, 5.41) is 0. The van der Waals surface area contributed by atoms with Crippen LogP contribution in [0.15, 0.2) is 0 Å². The molecule has 0 N–H and O–H groups in total. The lowest BCUT2D eigenvalue weighted by Crippen LogP contribution is -3.00. The van der Waals surface area contributed by atoms with E-state index < -0.39 is 0 Å². The summed E-state index contributed by atoms with van der Waals surface area (Å²) in [4.78, 5) is 0. The maximum Gasteiger partial charge on any atom is 0.0780 e. The summed E-state index contributed by atoms with van der Waals surface area (Å²) in [6.45, 7) is 1.31. The Balaban J connectivity index is 0. The first-order valence-electron chi connectivity index (χ1n) is 5.47. The van der Waals surface area contributed by atoms with Crippen molar-refractivity contribution < 1.29 is 16.9 Å². The van der Waals surface area contributed by atoms with Gasteiger partial charge in [-0.25, -0.2) is 0 Å². The zero-order valence-electron chi connectivity index (χ0n) is 9.93. The highest BCUT2D eigenvalue weighted by atomic mass is 35.5. The predicted octanol–water partition coefficient (Wildman–Crippen LogP) is -0.0330. The van der Waals surface area contributed by atoms with Gasteiger partial charge in [0.15, 0.2) is 0 Å². The van der Waals surface area contributed by atoms with Gasteiger partial charge in [-0.05, 0) is 25.0 Å². The molecule has 0 aromatic heterocycles. The molecule has 0 unspecified atom stereocenters. The minimum atomic E-state index is 0. The van der Waals surface area contributed by atoms with E-state index in [1.165, 1.54) is 45.1 Å². The van der Waals surface area contributed by atoms with Crippen LogP contribution in [0.5, 0.6) is 0 Å². The second-order valence-corrected chi connectivity index (χ2v) is 5.31. The van der Waals surface area contributed by atoms with Crippen molar-refractivity contribution in [2.24, 2.45) is 0 Å². The molecule has 0 saturated carbocycles. The molecule has 0 aliphatic heterocycles. The van der Waals surface area contributed by atoms with Crippen molar-refractivity contribution >= 4 is 12.6 Å². The SMILES string of the molecule is C[N+](C)(C)CCCCCCCCS.[Cl-]. The van der Waals surface area contributed by atoms with Crippen molar-refractivity contribution in [3.63, 3.8) is 0 Å². The standard InChI is InChI=1S/C11H25NS.ClH/c1-12(2,3)10-8-6-4-5-7-9-11-13;/h4-11H2,1-3H3;1H. The van der Waals surface area contributed by atoms with Gasteiger partial charge in [0.1, 0.15) is 0 Å². The summed E-state index contributed by atoms with van der Waals surface area (Å²) in [5.41, 5.74) is 0. The predicted molar refractivity (Wildman–Crippen MR) is 64.5 cm³/mol. The van der Waals surface area contributed by atoms with E-state index in [0.717, 1.165) is 10.2 Å². The van der Waals surface area contributed by atoms with Crippen molar-refractivity contribution in [2.75, 3.05) is 33.4 Å². The van der Waals surface area contributed by atoms with Crippen LogP contribution in [0.3, 0.4) is 0 Å². The van der Waals surface area contributed by atoms with E-state index in [4.69, 9.17) is 0 Å². The molecule has 0 bridgehead atoms. The van der Waals surface area contributed by atoms with Gasteiger partial charge >= 0.3 is 0 Å². The second kappa shape index (κ2) is 10.1. The summed E-state index contributed by atoms with van der Waals surface area (Å²) in [6.07, 6.45) is 8.25. The summed E-state index contributed by atoms with van der Waals surface area (Å²) in [5.74, 6) is 1.05. The molecule has 0 atom stereocenters. The van der Waals surface area contributed by atoms with Gasteiger partial charge in [0.05, 0.1) is 27.7 Å². The first-order valence-corrected chi connectivity index (χ1v) is 6.11. The van der Waals surface area contributed by atoms with Gasteiger partial charge in [-0.1, -0.05) is 19.3 Å². The van der Waals surface area contributed by atoms with Gasteiger partial charge in [-0.3, -0.25) is 0 Å². The number of hydrogen-bond acceptors (Lipinski definition) is 1. The van der Waals surface area contributed by atoms with Crippen LogP contribution in [0.25, 0.3) is 0 Å². The third-order valence-electron chi connectivity index (χ3n) is 2.24. The fourth-order valence-corrected chi connectivity index (χ4v) is 1.63. The lowest BCUT2D eigenvalue weighted by molar-refractivity contribution is -0.870. The number of halogens is 1. The van der Waals surface area contributed by atoms with Crippen molar-refractivity contribution in [3.8, 4) is 0 Å². The monoisotopic (exact) mass is 239 g/mol. The Morgan fingerprint density at radius 1 is 0.786 bits per heavy atom. The van der Waals surface area contributed by atoms with Gasteiger partial charge < -0.3 is 16.9 Å². The molecule has 0 spiro atoms. The highest BCUT2D eigenvalue weighted by molar-refractivity contribution is 7.80. The fraction of sp³-hybridized carbons (Fsp3) is 1.00. The smallest absolute Gasteiger partial charge is 0.0780 e. The van der Waals surface area contributed by atoms with E-state index in [0.29, 0.717) is 0 Å². The summed E-state index contributed by atoms with van der Waals surface area (Å²) in [6, 6.07) is 0. The van der Waals surface area contributed by atoms with E-state index in [-0.39, 0.29) is 12.4 Å². The molecule has 0 aliphatic rings. The molecule has 14 heavy (non-hydrogen) atoms. The molecule has 88 valence electrons. The number of unbranched alkanes of at least 4 members (excludes halogenated alkanes) is 5. The van der Waals surface area contributed by atoms with Crippen LogP contribution in [-0.2, 0) is 0 Å². The van der Waals surface area contributed by atoms with Crippen LogP contribution in [0, 0.1) is 0 Å². The molecule has 0 heterocycles. The quantitative estimate of drug-likeness (QED) is 0.343. The molecule has 0 aromatic rings. The minimum absolute atomic E-state index is 0. The Bertz CT molecular complexity index is 112. The van der Waals surface area contributed by atoms with Crippen LogP contribution in [0.1, 0.15) is 38.5 Å². The first-order chi connectivity index (χ1) is 6.06. The van der Waals surface area contributed by atoms with Gasteiger partial charge in [-0.15, -0.1) is 0 Å². The van der Waals surface area contributed by atoms with E-state index in [1.807, 2.05) is 0 Å². The van der Waals surface area contributed by atoms with E-state index in [9.17, 15) is 0 Å². The average Bonchev–Trinajstić information content (AvgIpc) is 2.01. The Morgan fingerprint density at radius 2 is 1.21 bits per heavy atom. The summed E-state index contributed by atoms with van der Waals surface area (Å²) < 4.78 is 1.11. The van der Waals surface area contributed by atoms with E-state index >= 15 is 0 Å². The molecule has 0 saturated heterocycles. The number of quaternary nitrogens is 1. The van der Waals surface area contributed by atoms with Crippen LogP contribution in [-0.4, -0.2) is 37.9 Å². The largest absolute Gasteiger partial charge is 1.00 e. The third kappa shape index (κ3) is 15.1. The van der Waals surface area contributed by atoms with E-state index in [1.54, 1.807) is 0 Å². The fourth-order valence-electron chi connectivity index (χ4n) is 1.41. The van der Waals surface area contributed by atoms with Crippen LogP contribution in [0.2, 0.25) is 0 Å². The molecule has 3 heteroatoms. The Labute approximate surface area is 102 Å². The zero-order valence-corrected chi connectivity index (χ0v) is 11.6. The summed E-state index contributed by atoms with van der Waals surface area (Å²) in [7, 11) is 6.79. The zero-order chi connectivity index (χ0) is 10.2. The third-order valence-corrected chi connectivity index (χ3v) is 2.55. The van der Waals surface area contributed by atoms with Crippen molar-refractivity contribution in [1.82, 2.24) is 0 Å². The normalized spacial score (nSPS) is 11.1. The minimum Gasteiger partial charge on any atom is -1.00 e. The number of nitrogens with zero attached hydrogens (tertiary/aromatic N) is 1. The van der Waals surface area contributed by atoms with Gasteiger partial charge in [0.25, 0.3) is 0 Å². The topological polar surface area (TPSA) is 0 Å².